The average Bonchev–Trinajstić information content (AvgIpc) is 3.08. The van der Waals surface area contributed by atoms with E-state index in [4.69, 9.17) is 12.2 Å². The van der Waals surface area contributed by atoms with Gasteiger partial charge in [0.1, 0.15) is 5.82 Å². The zero-order valence-electron chi connectivity index (χ0n) is 19.6. The highest BCUT2D eigenvalue weighted by atomic mass is 32.1. The van der Waals surface area contributed by atoms with Crippen molar-refractivity contribution in [1.82, 2.24) is 19.6 Å². The molecule has 186 valence electrons. The molecule has 1 saturated heterocycles. The maximum atomic E-state index is 13.2. The monoisotopic (exact) mass is 505 g/mol. The molecular formula is C25H27F4N5S. The second kappa shape index (κ2) is 10.3. The van der Waals surface area contributed by atoms with Gasteiger partial charge in [0.05, 0.1) is 29.2 Å². The number of halogens is 4. The van der Waals surface area contributed by atoms with Crippen molar-refractivity contribution in [2.75, 3.05) is 31.5 Å². The molecule has 2 heterocycles. The minimum atomic E-state index is -4.34. The molecule has 2 aromatic carbocycles. The lowest BCUT2D eigenvalue weighted by molar-refractivity contribution is -0.137. The van der Waals surface area contributed by atoms with E-state index in [0.29, 0.717) is 49.9 Å². The normalized spacial score (nSPS) is 14.9. The molecule has 3 aromatic rings. The molecule has 0 unspecified atom stereocenters. The Kier molecular flexibility index (Phi) is 7.42. The topological polar surface area (TPSA) is 36.3 Å². The Morgan fingerprint density at radius 3 is 2.31 bits per heavy atom. The first kappa shape index (κ1) is 25.1. The smallest absolute Gasteiger partial charge is 0.346 e. The zero-order chi connectivity index (χ0) is 25.2. The molecular weight excluding hydrogens is 478 g/mol. The predicted octanol–water partition coefficient (Wildman–Crippen LogP) is 5.22. The number of benzene rings is 2. The maximum absolute atomic E-state index is 13.2. The average molecular weight is 506 g/mol. The SMILES string of the molecule is Cc1nn(Cc2ccc(F)cc2)c(C)c1NC(=S)N1CCN(Cc2cccc(C(F)(F)F)c2)CC1. The van der Waals surface area contributed by atoms with E-state index in [0.717, 1.165) is 28.7 Å². The lowest BCUT2D eigenvalue weighted by atomic mass is 10.1. The van der Waals surface area contributed by atoms with E-state index < -0.39 is 11.7 Å². The van der Waals surface area contributed by atoms with Crippen molar-refractivity contribution < 1.29 is 17.6 Å². The lowest BCUT2D eigenvalue weighted by Crippen LogP contribution is -2.49. The Hall–Kier alpha value is -2.98. The second-order valence-corrected chi connectivity index (χ2v) is 9.11. The van der Waals surface area contributed by atoms with Gasteiger partial charge in [-0.25, -0.2) is 4.39 Å². The van der Waals surface area contributed by atoms with Crippen LogP contribution >= 0.6 is 12.2 Å². The van der Waals surface area contributed by atoms with Crippen LogP contribution in [0, 0.1) is 19.7 Å². The van der Waals surface area contributed by atoms with Gasteiger partial charge in [-0.05, 0) is 55.4 Å². The number of nitrogens with zero attached hydrogens (tertiary/aromatic N) is 4. The fourth-order valence-corrected chi connectivity index (χ4v) is 4.48. The van der Waals surface area contributed by atoms with Gasteiger partial charge in [-0.1, -0.05) is 30.3 Å². The quantitative estimate of drug-likeness (QED) is 0.380. The summed E-state index contributed by atoms with van der Waals surface area (Å²) < 4.78 is 54.0. The zero-order valence-corrected chi connectivity index (χ0v) is 20.4. The first-order chi connectivity index (χ1) is 16.6. The van der Waals surface area contributed by atoms with Gasteiger partial charge in [-0.15, -0.1) is 0 Å². The molecule has 1 aliphatic rings. The Morgan fingerprint density at radius 1 is 0.971 bits per heavy atom. The molecule has 0 bridgehead atoms. The highest BCUT2D eigenvalue weighted by Crippen LogP contribution is 2.30. The van der Waals surface area contributed by atoms with Gasteiger partial charge in [0.25, 0.3) is 0 Å². The Bertz CT molecular complexity index is 1180. The molecule has 0 amide bonds. The molecule has 1 N–H and O–H groups in total. The molecule has 35 heavy (non-hydrogen) atoms. The maximum Gasteiger partial charge on any atom is 0.416 e. The van der Waals surface area contributed by atoms with Crippen LogP contribution in [0.2, 0.25) is 0 Å². The van der Waals surface area contributed by atoms with Crippen LogP contribution in [-0.4, -0.2) is 50.9 Å². The number of rotatable bonds is 5. The fraction of sp³-hybridized carbons (Fsp3) is 0.360. The third-order valence-corrected chi connectivity index (χ3v) is 6.54. The third-order valence-electron chi connectivity index (χ3n) is 6.18. The molecule has 4 rings (SSSR count). The van der Waals surface area contributed by atoms with Crippen molar-refractivity contribution in [1.29, 1.82) is 0 Å². The van der Waals surface area contributed by atoms with Crippen molar-refractivity contribution in [3.05, 3.63) is 82.4 Å². The van der Waals surface area contributed by atoms with Crippen molar-refractivity contribution in [3.8, 4) is 0 Å². The molecule has 1 aliphatic heterocycles. The van der Waals surface area contributed by atoms with Crippen LogP contribution in [0.1, 0.15) is 28.1 Å². The van der Waals surface area contributed by atoms with Crippen molar-refractivity contribution >= 4 is 23.0 Å². The number of piperazine rings is 1. The first-order valence-corrected chi connectivity index (χ1v) is 11.7. The van der Waals surface area contributed by atoms with E-state index in [1.165, 1.54) is 24.3 Å². The van der Waals surface area contributed by atoms with Gasteiger partial charge in [-0.2, -0.15) is 18.3 Å². The van der Waals surface area contributed by atoms with Gasteiger partial charge < -0.3 is 10.2 Å². The Labute approximate surface area is 207 Å². The first-order valence-electron chi connectivity index (χ1n) is 11.3. The lowest BCUT2D eigenvalue weighted by Gasteiger charge is -2.36. The van der Waals surface area contributed by atoms with Crippen molar-refractivity contribution in [2.24, 2.45) is 0 Å². The Morgan fingerprint density at radius 2 is 1.66 bits per heavy atom. The van der Waals surface area contributed by atoms with E-state index in [1.807, 2.05) is 18.5 Å². The standard InChI is InChI=1S/C25H27F4N5S/c1-17-23(18(2)34(31-17)16-19-6-8-22(26)9-7-19)30-24(35)33-12-10-32(11-13-33)15-20-4-3-5-21(14-20)25(27,28)29/h3-9,14H,10-13,15-16H2,1-2H3,(H,30,35). The number of hydrogen-bond acceptors (Lipinski definition) is 3. The fourth-order valence-electron chi connectivity index (χ4n) is 4.19. The number of anilines is 1. The second-order valence-electron chi connectivity index (χ2n) is 8.72. The van der Waals surface area contributed by atoms with Crippen LogP contribution in [-0.2, 0) is 19.3 Å². The van der Waals surface area contributed by atoms with Crippen LogP contribution in [0.3, 0.4) is 0 Å². The van der Waals surface area contributed by atoms with Crippen LogP contribution in [0.4, 0.5) is 23.2 Å². The minimum Gasteiger partial charge on any atom is -0.346 e. The molecule has 0 aliphatic carbocycles. The van der Waals surface area contributed by atoms with Gasteiger partial charge in [0.15, 0.2) is 5.11 Å². The molecule has 0 radical (unpaired) electrons. The largest absolute Gasteiger partial charge is 0.416 e. The van der Waals surface area contributed by atoms with E-state index in [9.17, 15) is 17.6 Å². The summed E-state index contributed by atoms with van der Waals surface area (Å²) >= 11 is 5.65. The van der Waals surface area contributed by atoms with Crippen molar-refractivity contribution in [3.63, 3.8) is 0 Å². The summed E-state index contributed by atoms with van der Waals surface area (Å²) in [6.45, 7) is 7.59. The Balaban J connectivity index is 1.33. The predicted molar refractivity (Wildman–Crippen MR) is 132 cm³/mol. The van der Waals surface area contributed by atoms with Gasteiger partial charge in [0.2, 0.25) is 0 Å². The number of thiocarbonyl (C=S) groups is 1. The molecule has 1 aromatic heterocycles. The highest BCUT2D eigenvalue weighted by molar-refractivity contribution is 7.80. The van der Waals surface area contributed by atoms with Gasteiger partial charge in [-0.3, -0.25) is 9.58 Å². The number of aromatic nitrogens is 2. The summed E-state index contributed by atoms with van der Waals surface area (Å²) in [6, 6.07) is 11.8. The van der Waals surface area contributed by atoms with Crippen LogP contribution in [0.25, 0.3) is 0 Å². The molecule has 5 nitrogen and oxygen atoms in total. The molecule has 10 heteroatoms. The number of alkyl halides is 3. The summed E-state index contributed by atoms with van der Waals surface area (Å²) in [5, 5.41) is 8.52. The summed E-state index contributed by atoms with van der Waals surface area (Å²) in [4.78, 5) is 4.19. The van der Waals surface area contributed by atoms with E-state index in [2.05, 4.69) is 20.2 Å². The highest BCUT2D eigenvalue weighted by Gasteiger charge is 2.30. The molecule has 0 spiro atoms. The summed E-state index contributed by atoms with van der Waals surface area (Å²) in [7, 11) is 0. The number of nitrogens with one attached hydrogen (secondary N) is 1. The van der Waals surface area contributed by atoms with Crippen LogP contribution in [0.5, 0.6) is 0 Å². The number of hydrogen-bond donors (Lipinski definition) is 1. The summed E-state index contributed by atoms with van der Waals surface area (Å²) in [5.74, 6) is -0.273. The summed E-state index contributed by atoms with van der Waals surface area (Å²) in [6.07, 6.45) is -4.34. The van der Waals surface area contributed by atoms with Gasteiger partial charge in [0, 0.05) is 32.7 Å². The van der Waals surface area contributed by atoms with Gasteiger partial charge >= 0.3 is 6.18 Å². The van der Waals surface area contributed by atoms with E-state index >= 15 is 0 Å². The van der Waals surface area contributed by atoms with E-state index in [1.54, 1.807) is 18.2 Å². The van der Waals surface area contributed by atoms with Crippen molar-refractivity contribution in [2.45, 2.75) is 33.1 Å². The third kappa shape index (κ3) is 6.18. The number of aryl methyl sites for hydroxylation is 1. The molecule has 0 atom stereocenters. The molecule has 1 fully saturated rings. The minimum absolute atomic E-state index is 0.273. The van der Waals surface area contributed by atoms with Crippen LogP contribution in [0.15, 0.2) is 48.5 Å². The van der Waals surface area contributed by atoms with Crippen LogP contribution < -0.4 is 5.32 Å². The summed E-state index contributed by atoms with van der Waals surface area (Å²) in [5.41, 5.74) is 3.57. The molecule has 0 saturated carbocycles. The van der Waals surface area contributed by atoms with E-state index in [-0.39, 0.29) is 5.82 Å².